The van der Waals surface area contributed by atoms with Crippen molar-refractivity contribution in [3.05, 3.63) is 169 Å². The quantitative estimate of drug-likeness (QED) is 0.168. The van der Waals surface area contributed by atoms with Gasteiger partial charge in [-0.1, -0.05) is 78.9 Å². The van der Waals surface area contributed by atoms with E-state index in [4.69, 9.17) is 0 Å². The van der Waals surface area contributed by atoms with Gasteiger partial charge in [-0.3, -0.25) is 4.39 Å². The van der Waals surface area contributed by atoms with E-state index in [0.717, 1.165) is 28.1 Å². The van der Waals surface area contributed by atoms with Crippen LogP contribution in [0.1, 0.15) is 11.1 Å². The SMILES string of the molecule is Cc1cc(-c2ccccc2)cc(C)c1-c1ccnc(-c2[c-]cc(F)cc2)c1.[Ir].[c-]1ccccc1-c1cc2ccccc2cn1. The number of pyridine rings is 2. The molecule has 217 valence electrons. The van der Waals surface area contributed by atoms with Crippen molar-refractivity contribution in [3.63, 3.8) is 0 Å². The fourth-order valence-electron chi connectivity index (χ4n) is 5.30. The van der Waals surface area contributed by atoms with Crippen molar-refractivity contribution in [3.8, 4) is 44.8 Å². The summed E-state index contributed by atoms with van der Waals surface area (Å²) < 4.78 is 13.2. The van der Waals surface area contributed by atoms with Gasteiger partial charge in [-0.25, -0.2) is 0 Å². The molecule has 0 saturated carbocycles. The number of hydrogen-bond donors (Lipinski definition) is 0. The van der Waals surface area contributed by atoms with Crippen LogP contribution in [0, 0.1) is 31.8 Å². The predicted octanol–water partition coefficient (Wildman–Crippen LogP) is 10.3. The molecule has 0 spiro atoms. The summed E-state index contributed by atoms with van der Waals surface area (Å²) in [6.07, 6.45) is 3.71. The Morgan fingerprint density at radius 2 is 1.25 bits per heavy atom. The number of hydrogen-bond acceptors (Lipinski definition) is 2. The van der Waals surface area contributed by atoms with Crippen LogP contribution >= 0.6 is 0 Å². The zero-order valence-electron chi connectivity index (χ0n) is 24.4. The van der Waals surface area contributed by atoms with Crippen molar-refractivity contribution < 1.29 is 24.5 Å². The summed E-state index contributed by atoms with van der Waals surface area (Å²) in [5.74, 6) is -0.293. The Kier molecular flexibility index (Phi) is 9.86. The van der Waals surface area contributed by atoms with Gasteiger partial charge in [0.15, 0.2) is 0 Å². The minimum Gasteiger partial charge on any atom is -0.305 e. The molecule has 0 N–H and O–H groups in total. The van der Waals surface area contributed by atoms with Gasteiger partial charge in [0, 0.05) is 38.3 Å². The topological polar surface area (TPSA) is 25.8 Å². The molecule has 7 aromatic rings. The number of aromatic nitrogens is 2. The second kappa shape index (κ2) is 14.1. The molecule has 0 saturated heterocycles. The first-order valence-electron chi connectivity index (χ1n) is 14.2. The Morgan fingerprint density at radius 1 is 0.568 bits per heavy atom. The number of nitrogens with zero attached hydrogens (tertiary/aromatic N) is 2. The van der Waals surface area contributed by atoms with Crippen molar-refractivity contribution >= 4 is 10.8 Å². The molecule has 0 aliphatic carbocycles. The van der Waals surface area contributed by atoms with Crippen LogP contribution < -0.4 is 0 Å². The van der Waals surface area contributed by atoms with Gasteiger partial charge in [0.05, 0.1) is 0 Å². The van der Waals surface area contributed by atoms with Crippen molar-refractivity contribution in [1.82, 2.24) is 9.97 Å². The van der Waals surface area contributed by atoms with Gasteiger partial charge in [0.1, 0.15) is 0 Å². The Balaban J connectivity index is 0.000000193. The van der Waals surface area contributed by atoms with Crippen molar-refractivity contribution in [2.75, 3.05) is 0 Å². The van der Waals surface area contributed by atoms with Crippen LogP contribution in [0.15, 0.2) is 140 Å². The minimum absolute atomic E-state index is 0. The molecule has 2 aromatic heterocycles. The molecule has 7 rings (SSSR count). The van der Waals surface area contributed by atoms with E-state index < -0.39 is 0 Å². The fourth-order valence-corrected chi connectivity index (χ4v) is 5.30. The van der Waals surface area contributed by atoms with Crippen molar-refractivity contribution in [2.45, 2.75) is 13.8 Å². The number of benzene rings is 5. The predicted molar refractivity (Wildman–Crippen MR) is 175 cm³/mol. The molecule has 5 aromatic carbocycles. The van der Waals surface area contributed by atoms with E-state index in [9.17, 15) is 4.39 Å². The van der Waals surface area contributed by atoms with E-state index in [1.807, 2.05) is 60.8 Å². The first kappa shape index (κ1) is 30.7. The maximum atomic E-state index is 13.2. The third-order valence-electron chi connectivity index (χ3n) is 7.36. The van der Waals surface area contributed by atoms with Gasteiger partial charge >= 0.3 is 0 Å². The standard InChI is InChI=1S/C25H19FN.C15H10N.Ir/c1-17-14-22(19-6-4-3-5-7-19)15-18(2)25(17)21-12-13-27-24(16-21)20-8-10-23(26)11-9-20;1-2-6-12(7-3-1)15-10-13-8-4-5-9-14(13)11-16-15;/h3-8,10-16H,1-2H3;1-6,8-11H;/q2*-1;. The molecular formula is C40H29FIrN2-2. The molecule has 0 aliphatic heterocycles. The van der Waals surface area contributed by atoms with Gasteiger partial charge in [0.25, 0.3) is 0 Å². The summed E-state index contributed by atoms with van der Waals surface area (Å²) in [7, 11) is 0. The monoisotopic (exact) mass is 749 g/mol. The minimum atomic E-state index is -0.293. The van der Waals surface area contributed by atoms with Gasteiger partial charge in [0.2, 0.25) is 0 Å². The molecule has 0 unspecified atom stereocenters. The van der Waals surface area contributed by atoms with Crippen molar-refractivity contribution in [2.24, 2.45) is 0 Å². The maximum absolute atomic E-state index is 13.2. The first-order chi connectivity index (χ1) is 21.0. The number of halogens is 1. The summed E-state index contributed by atoms with van der Waals surface area (Å²) in [4.78, 5) is 8.88. The normalized spacial score (nSPS) is 10.4. The average molecular weight is 749 g/mol. The molecule has 2 nitrogen and oxygen atoms in total. The smallest absolute Gasteiger partial charge is 0.0379 e. The number of rotatable bonds is 4. The average Bonchev–Trinajstić information content (AvgIpc) is 3.06. The molecule has 2 heterocycles. The van der Waals surface area contributed by atoms with E-state index in [-0.39, 0.29) is 25.9 Å². The van der Waals surface area contributed by atoms with Crippen LogP contribution in [0.5, 0.6) is 0 Å². The van der Waals surface area contributed by atoms with Crippen LogP contribution in [0.25, 0.3) is 55.5 Å². The third kappa shape index (κ3) is 7.06. The van der Waals surface area contributed by atoms with Crippen LogP contribution in [0.3, 0.4) is 0 Å². The van der Waals surface area contributed by atoms with E-state index in [1.54, 1.807) is 12.3 Å². The third-order valence-corrected chi connectivity index (χ3v) is 7.36. The van der Waals surface area contributed by atoms with Crippen LogP contribution in [-0.4, -0.2) is 9.97 Å². The Morgan fingerprint density at radius 3 is 1.95 bits per heavy atom. The fraction of sp³-hybridized carbons (Fsp3) is 0.0500. The molecule has 1 radical (unpaired) electrons. The second-order valence-electron chi connectivity index (χ2n) is 10.4. The van der Waals surface area contributed by atoms with E-state index in [2.05, 4.69) is 90.5 Å². The molecule has 0 aliphatic rings. The summed E-state index contributed by atoms with van der Waals surface area (Å²) in [5.41, 5.74) is 10.8. The molecule has 4 heteroatoms. The maximum Gasteiger partial charge on any atom is 0.0379 e. The molecule has 0 fully saturated rings. The zero-order valence-corrected chi connectivity index (χ0v) is 26.8. The summed E-state index contributed by atoms with van der Waals surface area (Å²) in [6, 6.07) is 47.8. The largest absolute Gasteiger partial charge is 0.305 e. The molecule has 44 heavy (non-hydrogen) atoms. The Bertz CT molecular complexity index is 1970. The molecule has 0 atom stereocenters. The van der Waals surface area contributed by atoms with E-state index in [0.29, 0.717) is 0 Å². The number of fused-ring (bicyclic) bond motifs is 1. The van der Waals surface area contributed by atoms with Crippen LogP contribution in [0.4, 0.5) is 4.39 Å². The summed E-state index contributed by atoms with van der Waals surface area (Å²) >= 11 is 0. The van der Waals surface area contributed by atoms with Crippen LogP contribution in [0.2, 0.25) is 0 Å². The van der Waals surface area contributed by atoms with Crippen molar-refractivity contribution in [1.29, 1.82) is 0 Å². The van der Waals surface area contributed by atoms with E-state index >= 15 is 0 Å². The van der Waals surface area contributed by atoms with Gasteiger partial charge in [-0.2, -0.15) is 0 Å². The molecule has 0 bridgehead atoms. The molecule has 0 amide bonds. The number of aryl methyl sites for hydroxylation is 2. The second-order valence-corrected chi connectivity index (χ2v) is 10.4. The van der Waals surface area contributed by atoms with Crippen LogP contribution in [-0.2, 0) is 20.1 Å². The van der Waals surface area contributed by atoms with E-state index in [1.165, 1.54) is 50.7 Å². The van der Waals surface area contributed by atoms with Gasteiger partial charge < -0.3 is 9.97 Å². The van der Waals surface area contributed by atoms with Gasteiger partial charge in [-0.15, -0.1) is 65.7 Å². The van der Waals surface area contributed by atoms with Gasteiger partial charge in [-0.05, 0) is 75.5 Å². The Hall–Kier alpha value is -4.76. The first-order valence-corrected chi connectivity index (χ1v) is 14.2. The Labute approximate surface area is 271 Å². The zero-order chi connectivity index (χ0) is 29.6. The summed E-state index contributed by atoms with van der Waals surface area (Å²) in [5, 5.41) is 2.38. The summed E-state index contributed by atoms with van der Waals surface area (Å²) in [6.45, 7) is 4.28. The molecular weight excluding hydrogens is 720 g/mol.